The average molecular weight is 450 g/mol. The Morgan fingerprint density at radius 3 is 2.56 bits per heavy atom. The number of thiazole rings is 1. The molecule has 3 atom stereocenters. The van der Waals surface area contributed by atoms with Crippen LogP contribution in [0.5, 0.6) is 0 Å². The number of aromatic nitrogens is 1. The first-order valence-corrected chi connectivity index (χ1v) is 11.6. The summed E-state index contributed by atoms with van der Waals surface area (Å²) in [5.74, 6) is -0.755. The molecule has 32 heavy (non-hydrogen) atoms. The Labute approximate surface area is 191 Å². The molecule has 1 aliphatic heterocycles. The highest BCUT2D eigenvalue weighted by Crippen LogP contribution is 2.28. The summed E-state index contributed by atoms with van der Waals surface area (Å²) in [5, 5.41) is 13.1. The lowest BCUT2D eigenvalue weighted by Crippen LogP contribution is -2.47. The van der Waals surface area contributed by atoms with Crippen LogP contribution in [0.4, 0.5) is 0 Å². The zero-order valence-corrected chi connectivity index (χ0v) is 19.0. The van der Waals surface area contributed by atoms with Gasteiger partial charge in [0.1, 0.15) is 6.04 Å². The Bertz CT molecular complexity index is 1080. The smallest absolute Gasteiger partial charge is 0.243 e. The predicted molar refractivity (Wildman–Crippen MR) is 125 cm³/mol. The first kappa shape index (κ1) is 22.2. The van der Waals surface area contributed by atoms with E-state index in [1.54, 1.807) is 11.3 Å². The minimum absolute atomic E-state index is 0.141. The fourth-order valence-electron chi connectivity index (χ4n) is 4.10. The van der Waals surface area contributed by atoms with Gasteiger partial charge in [-0.1, -0.05) is 54.6 Å². The third-order valence-corrected chi connectivity index (χ3v) is 6.94. The second-order valence-corrected chi connectivity index (χ2v) is 9.06. The molecule has 7 heteroatoms. The maximum atomic E-state index is 13.1. The Hall–Kier alpha value is -3.03. The SMILES string of the molecule is Cc1ncsc1-c1ccc(CNC(=O)[C@@H]2C[C@@H](O)CN2C(=O)C(C)c2ccccc2)cc1. The number of hydrogen-bond acceptors (Lipinski definition) is 5. The van der Waals surface area contributed by atoms with Crippen molar-refractivity contribution in [3.8, 4) is 10.4 Å². The second-order valence-electron chi connectivity index (χ2n) is 8.21. The Balaban J connectivity index is 1.39. The average Bonchev–Trinajstić information content (AvgIpc) is 3.43. The van der Waals surface area contributed by atoms with Gasteiger partial charge in [0.05, 0.1) is 28.1 Å². The molecule has 0 aliphatic carbocycles. The van der Waals surface area contributed by atoms with Gasteiger partial charge >= 0.3 is 0 Å². The van der Waals surface area contributed by atoms with Gasteiger partial charge in [-0.15, -0.1) is 11.3 Å². The van der Waals surface area contributed by atoms with Crippen LogP contribution in [0.3, 0.4) is 0 Å². The fraction of sp³-hybridized carbons (Fsp3) is 0.320. The highest BCUT2D eigenvalue weighted by Gasteiger charge is 2.40. The lowest BCUT2D eigenvalue weighted by Gasteiger charge is -2.26. The van der Waals surface area contributed by atoms with Crippen LogP contribution in [-0.4, -0.2) is 45.5 Å². The maximum Gasteiger partial charge on any atom is 0.243 e. The number of nitrogens with zero attached hydrogens (tertiary/aromatic N) is 2. The molecule has 1 fully saturated rings. The summed E-state index contributed by atoms with van der Waals surface area (Å²) in [6.45, 7) is 4.37. The molecule has 1 unspecified atom stereocenters. The standard InChI is InChI=1S/C25H27N3O3S/c1-16(19-6-4-3-5-7-19)25(31)28-14-21(29)12-22(28)24(30)26-13-18-8-10-20(11-9-18)23-17(2)27-15-32-23/h3-11,15-16,21-22,29H,12-14H2,1-2H3,(H,26,30)/t16?,21-,22+/m1/s1. The van der Waals surface area contributed by atoms with Crippen LogP contribution in [0.1, 0.15) is 36.1 Å². The summed E-state index contributed by atoms with van der Waals surface area (Å²) in [4.78, 5) is 33.0. The van der Waals surface area contributed by atoms with Crippen molar-refractivity contribution in [1.82, 2.24) is 15.2 Å². The number of benzene rings is 2. The molecule has 166 valence electrons. The van der Waals surface area contributed by atoms with Crippen LogP contribution in [-0.2, 0) is 16.1 Å². The molecular weight excluding hydrogens is 422 g/mol. The minimum Gasteiger partial charge on any atom is -0.391 e. The number of amides is 2. The van der Waals surface area contributed by atoms with Gasteiger partial charge in [0.15, 0.2) is 0 Å². The van der Waals surface area contributed by atoms with E-state index < -0.39 is 12.1 Å². The minimum atomic E-state index is -0.695. The van der Waals surface area contributed by atoms with Crippen LogP contribution in [0.2, 0.25) is 0 Å². The van der Waals surface area contributed by atoms with Gasteiger partial charge in [0.25, 0.3) is 0 Å². The number of likely N-dealkylation sites (tertiary alicyclic amines) is 1. The molecule has 0 saturated carbocycles. The zero-order chi connectivity index (χ0) is 22.7. The van der Waals surface area contributed by atoms with Crippen LogP contribution >= 0.6 is 11.3 Å². The lowest BCUT2D eigenvalue weighted by molar-refractivity contribution is -0.139. The van der Waals surface area contributed by atoms with Crippen molar-refractivity contribution in [1.29, 1.82) is 0 Å². The van der Waals surface area contributed by atoms with Crippen LogP contribution in [0.25, 0.3) is 10.4 Å². The van der Waals surface area contributed by atoms with Gasteiger partial charge in [0.2, 0.25) is 11.8 Å². The Kier molecular flexibility index (Phi) is 6.67. The van der Waals surface area contributed by atoms with Crippen LogP contribution in [0.15, 0.2) is 60.1 Å². The second kappa shape index (κ2) is 9.63. The normalized spacial score (nSPS) is 19.0. The first-order chi connectivity index (χ1) is 15.4. The summed E-state index contributed by atoms with van der Waals surface area (Å²) in [6, 6.07) is 16.9. The number of aliphatic hydroxyl groups excluding tert-OH is 1. The molecule has 1 aliphatic rings. The molecule has 6 nitrogen and oxygen atoms in total. The largest absolute Gasteiger partial charge is 0.391 e. The highest BCUT2D eigenvalue weighted by molar-refractivity contribution is 7.13. The van der Waals surface area contributed by atoms with Gasteiger partial charge in [0, 0.05) is 19.5 Å². The van der Waals surface area contributed by atoms with E-state index in [9.17, 15) is 14.7 Å². The summed E-state index contributed by atoms with van der Waals surface area (Å²) in [7, 11) is 0. The first-order valence-electron chi connectivity index (χ1n) is 10.7. The number of nitrogens with one attached hydrogen (secondary N) is 1. The molecule has 2 aromatic carbocycles. The van der Waals surface area contributed by atoms with Crippen molar-refractivity contribution in [3.63, 3.8) is 0 Å². The number of aryl methyl sites for hydroxylation is 1. The molecule has 4 rings (SSSR count). The number of rotatable bonds is 6. The quantitative estimate of drug-likeness (QED) is 0.603. The van der Waals surface area contributed by atoms with E-state index in [2.05, 4.69) is 10.3 Å². The highest BCUT2D eigenvalue weighted by atomic mass is 32.1. The topological polar surface area (TPSA) is 82.5 Å². The Morgan fingerprint density at radius 2 is 1.91 bits per heavy atom. The van der Waals surface area contributed by atoms with E-state index in [-0.39, 0.29) is 30.7 Å². The Morgan fingerprint density at radius 1 is 1.19 bits per heavy atom. The van der Waals surface area contributed by atoms with Gasteiger partial charge in [-0.25, -0.2) is 4.98 Å². The van der Waals surface area contributed by atoms with E-state index in [0.717, 1.165) is 27.3 Å². The summed E-state index contributed by atoms with van der Waals surface area (Å²) >= 11 is 1.61. The molecule has 1 saturated heterocycles. The van der Waals surface area contributed by atoms with E-state index in [4.69, 9.17) is 0 Å². The maximum absolute atomic E-state index is 13.1. The molecular formula is C25H27N3O3S. The van der Waals surface area contributed by atoms with Gasteiger partial charge in [-0.05, 0) is 30.5 Å². The van der Waals surface area contributed by atoms with E-state index >= 15 is 0 Å². The molecule has 2 amide bonds. The number of carbonyl (C=O) groups excluding carboxylic acids is 2. The monoisotopic (exact) mass is 449 g/mol. The van der Waals surface area contributed by atoms with Crippen molar-refractivity contribution in [2.45, 2.75) is 44.9 Å². The summed E-state index contributed by atoms with van der Waals surface area (Å²) in [5.41, 5.74) is 5.81. The van der Waals surface area contributed by atoms with Crippen molar-refractivity contribution in [2.75, 3.05) is 6.54 Å². The van der Waals surface area contributed by atoms with E-state index in [1.807, 2.05) is 74.0 Å². The van der Waals surface area contributed by atoms with Crippen molar-refractivity contribution >= 4 is 23.2 Å². The molecule has 0 spiro atoms. The van der Waals surface area contributed by atoms with Crippen molar-refractivity contribution < 1.29 is 14.7 Å². The molecule has 0 bridgehead atoms. The van der Waals surface area contributed by atoms with Crippen LogP contribution < -0.4 is 5.32 Å². The summed E-state index contributed by atoms with van der Waals surface area (Å²) in [6.07, 6.45) is -0.442. The fourth-order valence-corrected chi connectivity index (χ4v) is 4.91. The van der Waals surface area contributed by atoms with Crippen molar-refractivity contribution in [2.24, 2.45) is 0 Å². The van der Waals surface area contributed by atoms with Gasteiger partial charge in [-0.3, -0.25) is 9.59 Å². The third kappa shape index (κ3) is 4.74. The zero-order valence-electron chi connectivity index (χ0n) is 18.2. The van der Waals surface area contributed by atoms with Gasteiger partial charge in [-0.2, -0.15) is 0 Å². The third-order valence-electron chi connectivity index (χ3n) is 5.96. The predicted octanol–water partition coefficient (Wildman–Crippen LogP) is 3.50. The van der Waals surface area contributed by atoms with Crippen molar-refractivity contribution in [3.05, 3.63) is 76.9 Å². The number of hydrogen-bond donors (Lipinski definition) is 2. The van der Waals surface area contributed by atoms with E-state index in [0.29, 0.717) is 6.54 Å². The summed E-state index contributed by atoms with van der Waals surface area (Å²) < 4.78 is 0. The van der Waals surface area contributed by atoms with Gasteiger partial charge < -0.3 is 15.3 Å². The number of carbonyl (C=O) groups is 2. The molecule has 2 N–H and O–H groups in total. The number of β-amino-alcohol motifs (C(OH)–C–C–N with tert-alkyl or cyclic N) is 1. The van der Waals surface area contributed by atoms with E-state index in [1.165, 1.54) is 4.90 Å². The van der Waals surface area contributed by atoms with Crippen LogP contribution in [0, 0.1) is 6.92 Å². The lowest BCUT2D eigenvalue weighted by atomic mass is 9.99. The molecule has 0 radical (unpaired) electrons. The molecule has 1 aromatic heterocycles. The molecule has 3 aromatic rings. The molecule has 2 heterocycles. The number of aliphatic hydroxyl groups is 1.